The summed E-state index contributed by atoms with van der Waals surface area (Å²) in [5.41, 5.74) is 2.36. The summed E-state index contributed by atoms with van der Waals surface area (Å²) in [7, 11) is 0. The smallest absolute Gasteiger partial charge is 0.120 e. The lowest BCUT2D eigenvalue weighted by Gasteiger charge is -2.09. The molecule has 3 heteroatoms. The molecule has 0 aliphatic heterocycles. The fourth-order valence-electron chi connectivity index (χ4n) is 1.90. The van der Waals surface area contributed by atoms with E-state index >= 15 is 0 Å². The summed E-state index contributed by atoms with van der Waals surface area (Å²) in [5, 5.41) is 4.14. The lowest BCUT2D eigenvalue weighted by atomic mass is 10.2. The van der Waals surface area contributed by atoms with Crippen molar-refractivity contribution in [3.05, 3.63) is 64.7 Å². The molecular formula is C17H20ClNO. The summed E-state index contributed by atoms with van der Waals surface area (Å²) in [4.78, 5) is 0. The molecule has 2 nitrogen and oxygen atoms in total. The molecule has 0 bridgehead atoms. The Labute approximate surface area is 125 Å². The van der Waals surface area contributed by atoms with Crippen molar-refractivity contribution in [2.75, 3.05) is 6.54 Å². The standard InChI is InChI=1S/C17H20ClNO/c1-2-10-19-12-15-4-3-5-17(11-15)20-13-14-6-8-16(18)9-7-14/h3-9,11,19H,2,10,12-13H2,1H3. The number of benzene rings is 2. The van der Waals surface area contributed by atoms with Crippen LogP contribution in [0.15, 0.2) is 48.5 Å². The van der Waals surface area contributed by atoms with Gasteiger partial charge < -0.3 is 10.1 Å². The minimum Gasteiger partial charge on any atom is -0.489 e. The van der Waals surface area contributed by atoms with Crippen molar-refractivity contribution in [3.8, 4) is 5.75 Å². The first-order valence-electron chi connectivity index (χ1n) is 6.95. The monoisotopic (exact) mass is 289 g/mol. The van der Waals surface area contributed by atoms with Gasteiger partial charge in [0.1, 0.15) is 12.4 Å². The van der Waals surface area contributed by atoms with Gasteiger partial charge in [0.15, 0.2) is 0 Å². The lowest BCUT2D eigenvalue weighted by molar-refractivity contribution is 0.306. The van der Waals surface area contributed by atoms with Gasteiger partial charge in [-0.05, 0) is 48.4 Å². The van der Waals surface area contributed by atoms with Crippen LogP contribution < -0.4 is 10.1 Å². The largest absolute Gasteiger partial charge is 0.489 e. The minimum absolute atomic E-state index is 0.559. The van der Waals surface area contributed by atoms with Crippen LogP contribution in [-0.2, 0) is 13.2 Å². The molecule has 0 spiro atoms. The Morgan fingerprint density at radius 3 is 2.60 bits per heavy atom. The van der Waals surface area contributed by atoms with Crippen molar-refractivity contribution in [2.24, 2.45) is 0 Å². The maximum atomic E-state index is 5.86. The van der Waals surface area contributed by atoms with Crippen LogP contribution in [0.3, 0.4) is 0 Å². The van der Waals surface area contributed by atoms with E-state index in [1.54, 1.807) is 0 Å². The molecule has 0 saturated carbocycles. The molecule has 2 aromatic carbocycles. The molecule has 0 amide bonds. The summed E-state index contributed by atoms with van der Waals surface area (Å²) in [6.45, 7) is 4.64. The summed E-state index contributed by atoms with van der Waals surface area (Å²) in [6.07, 6.45) is 1.15. The van der Waals surface area contributed by atoms with E-state index < -0.39 is 0 Å². The fraction of sp³-hybridized carbons (Fsp3) is 0.294. The number of nitrogens with one attached hydrogen (secondary N) is 1. The van der Waals surface area contributed by atoms with E-state index in [4.69, 9.17) is 16.3 Å². The summed E-state index contributed by atoms with van der Waals surface area (Å²) in [5.74, 6) is 0.899. The Hall–Kier alpha value is -1.51. The van der Waals surface area contributed by atoms with Crippen LogP contribution in [0.2, 0.25) is 5.02 Å². The first kappa shape index (κ1) is 14.9. The van der Waals surface area contributed by atoms with Crippen molar-refractivity contribution in [1.29, 1.82) is 0 Å². The Balaban J connectivity index is 1.89. The predicted octanol–water partition coefficient (Wildman–Crippen LogP) is 4.42. The second-order valence-corrected chi connectivity index (χ2v) is 5.18. The zero-order valence-corrected chi connectivity index (χ0v) is 12.5. The van der Waals surface area contributed by atoms with Crippen LogP contribution in [0, 0.1) is 0 Å². The van der Waals surface area contributed by atoms with Crippen LogP contribution in [0.4, 0.5) is 0 Å². The van der Waals surface area contributed by atoms with Gasteiger partial charge in [0.25, 0.3) is 0 Å². The lowest BCUT2D eigenvalue weighted by Crippen LogP contribution is -2.13. The maximum Gasteiger partial charge on any atom is 0.120 e. The molecule has 0 aliphatic rings. The van der Waals surface area contributed by atoms with Crippen molar-refractivity contribution in [1.82, 2.24) is 5.32 Å². The second kappa shape index (κ2) is 7.93. The quantitative estimate of drug-likeness (QED) is 0.762. The Kier molecular flexibility index (Phi) is 5.90. The number of rotatable bonds is 7. The molecule has 1 N–H and O–H groups in total. The molecule has 0 unspecified atom stereocenters. The summed E-state index contributed by atoms with van der Waals surface area (Å²) >= 11 is 5.86. The van der Waals surface area contributed by atoms with Gasteiger partial charge in [0, 0.05) is 11.6 Å². The first-order valence-corrected chi connectivity index (χ1v) is 7.32. The number of hydrogen-bond donors (Lipinski definition) is 1. The normalized spacial score (nSPS) is 10.5. The molecule has 0 fully saturated rings. The highest BCUT2D eigenvalue weighted by molar-refractivity contribution is 6.30. The third-order valence-electron chi connectivity index (χ3n) is 2.97. The zero-order chi connectivity index (χ0) is 14.2. The molecule has 20 heavy (non-hydrogen) atoms. The van der Waals surface area contributed by atoms with Crippen LogP contribution in [0.1, 0.15) is 24.5 Å². The summed E-state index contributed by atoms with van der Waals surface area (Å²) in [6, 6.07) is 15.9. The highest BCUT2D eigenvalue weighted by Gasteiger charge is 1.98. The number of hydrogen-bond acceptors (Lipinski definition) is 2. The molecule has 0 radical (unpaired) electrons. The summed E-state index contributed by atoms with van der Waals surface area (Å²) < 4.78 is 5.81. The topological polar surface area (TPSA) is 21.3 Å². The van der Waals surface area contributed by atoms with Gasteiger partial charge in [0.05, 0.1) is 0 Å². The average molecular weight is 290 g/mol. The molecule has 106 valence electrons. The molecule has 2 rings (SSSR count). The number of ether oxygens (including phenoxy) is 1. The fourth-order valence-corrected chi connectivity index (χ4v) is 2.03. The van der Waals surface area contributed by atoms with Crippen molar-refractivity contribution in [3.63, 3.8) is 0 Å². The van der Waals surface area contributed by atoms with Crippen LogP contribution >= 0.6 is 11.6 Å². The Morgan fingerprint density at radius 1 is 1.05 bits per heavy atom. The zero-order valence-electron chi connectivity index (χ0n) is 11.7. The van der Waals surface area contributed by atoms with E-state index in [9.17, 15) is 0 Å². The predicted molar refractivity (Wildman–Crippen MR) is 84.2 cm³/mol. The van der Waals surface area contributed by atoms with Gasteiger partial charge in [-0.1, -0.05) is 42.8 Å². The SMILES string of the molecule is CCCNCc1cccc(OCc2ccc(Cl)cc2)c1. The Morgan fingerprint density at radius 2 is 1.85 bits per heavy atom. The molecule has 2 aromatic rings. The van der Waals surface area contributed by atoms with Crippen molar-refractivity contribution in [2.45, 2.75) is 26.5 Å². The van der Waals surface area contributed by atoms with Crippen molar-refractivity contribution < 1.29 is 4.74 Å². The van der Waals surface area contributed by atoms with Gasteiger partial charge in [-0.3, -0.25) is 0 Å². The van der Waals surface area contributed by atoms with Crippen molar-refractivity contribution >= 4 is 11.6 Å². The van der Waals surface area contributed by atoms with E-state index in [0.29, 0.717) is 6.61 Å². The van der Waals surface area contributed by atoms with E-state index in [1.165, 1.54) is 5.56 Å². The maximum absolute atomic E-state index is 5.86. The molecule has 0 heterocycles. The molecule has 0 saturated heterocycles. The van der Waals surface area contributed by atoms with Gasteiger partial charge in [-0.25, -0.2) is 0 Å². The highest BCUT2D eigenvalue weighted by atomic mass is 35.5. The van der Waals surface area contributed by atoms with Crippen LogP contribution in [0.25, 0.3) is 0 Å². The van der Waals surface area contributed by atoms with Crippen LogP contribution in [0.5, 0.6) is 5.75 Å². The first-order chi connectivity index (χ1) is 9.78. The van der Waals surface area contributed by atoms with E-state index in [-0.39, 0.29) is 0 Å². The minimum atomic E-state index is 0.559. The molecule has 0 aliphatic carbocycles. The van der Waals surface area contributed by atoms with Gasteiger partial charge in [-0.2, -0.15) is 0 Å². The van der Waals surface area contributed by atoms with E-state index in [2.05, 4.69) is 24.4 Å². The van der Waals surface area contributed by atoms with Crippen LogP contribution in [-0.4, -0.2) is 6.54 Å². The third-order valence-corrected chi connectivity index (χ3v) is 3.23. The Bertz CT molecular complexity index is 525. The van der Waals surface area contributed by atoms with Gasteiger partial charge in [-0.15, -0.1) is 0 Å². The highest BCUT2D eigenvalue weighted by Crippen LogP contribution is 2.16. The molecule has 0 aromatic heterocycles. The average Bonchev–Trinajstić information content (AvgIpc) is 2.47. The second-order valence-electron chi connectivity index (χ2n) is 4.74. The number of halogens is 1. The molecule has 0 atom stereocenters. The third kappa shape index (κ3) is 4.87. The van der Waals surface area contributed by atoms with Gasteiger partial charge in [0.2, 0.25) is 0 Å². The molecular weight excluding hydrogens is 270 g/mol. The van der Waals surface area contributed by atoms with Gasteiger partial charge >= 0.3 is 0 Å². The van der Waals surface area contributed by atoms with E-state index in [0.717, 1.165) is 35.8 Å². The van der Waals surface area contributed by atoms with E-state index in [1.807, 2.05) is 36.4 Å².